The van der Waals surface area contributed by atoms with Gasteiger partial charge in [0.05, 0.1) is 18.1 Å². The van der Waals surface area contributed by atoms with Crippen LogP contribution in [0.25, 0.3) is 11.1 Å². The SMILES string of the molecule is CN(C)c1cnn(C(=O)N2CC3CN(Cc4ccc(-c5cncnc5)cc4Cl)CC3C2)c1. The average Bonchev–Trinajstić information content (AvgIpc) is 3.50. The van der Waals surface area contributed by atoms with E-state index in [0.717, 1.165) is 60.1 Å². The number of hydrogen-bond acceptors (Lipinski definition) is 6. The number of anilines is 1. The zero-order valence-corrected chi connectivity index (χ0v) is 19.0. The lowest BCUT2D eigenvalue weighted by Gasteiger charge is -2.22. The maximum atomic E-state index is 12.8. The molecule has 0 radical (unpaired) electrons. The number of benzene rings is 1. The van der Waals surface area contributed by atoms with E-state index in [1.54, 1.807) is 24.8 Å². The summed E-state index contributed by atoms with van der Waals surface area (Å²) < 4.78 is 1.45. The molecule has 9 heteroatoms. The largest absolute Gasteiger partial charge is 0.375 e. The number of aromatic nitrogens is 4. The predicted octanol–water partition coefficient (Wildman–Crippen LogP) is 3.09. The topological polar surface area (TPSA) is 70.4 Å². The highest BCUT2D eigenvalue weighted by Gasteiger charge is 2.42. The summed E-state index contributed by atoms with van der Waals surface area (Å²) in [5.74, 6) is 0.977. The molecule has 0 N–H and O–H groups in total. The van der Waals surface area contributed by atoms with E-state index in [2.05, 4.69) is 32.1 Å². The summed E-state index contributed by atoms with van der Waals surface area (Å²) in [5, 5.41) is 5.00. The van der Waals surface area contributed by atoms with Gasteiger partial charge in [-0.3, -0.25) is 4.90 Å². The van der Waals surface area contributed by atoms with Crippen molar-refractivity contribution in [2.75, 3.05) is 45.2 Å². The van der Waals surface area contributed by atoms with Crippen LogP contribution in [-0.2, 0) is 6.54 Å². The van der Waals surface area contributed by atoms with Crippen LogP contribution in [0.1, 0.15) is 5.56 Å². The third-order valence-corrected chi connectivity index (χ3v) is 6.81. The number of fused-ring (bicyclic) bond motifs is 1. The van der Waals surface area contributed by atoms with Gasteiger partial charge in [-0.25, -0.2) is 14.8 Å². The molecule has 2 aromatic heterocycles. The van der Waals surface area contributed by atoms with Gasteiger partial charge in [0.1, 0.15) is 6.33 Å². The van der Waals surface area contributed by atoms with E-state index >= 15 is 0 Å². The Morgan fingerprint density at radius 2 is 1.78 bits per heavy atom. The summed E-state index contributed by atoms with van der Waals surface area (Å²) in [6.45, 7) is 4.31. The van der Waals surface area contributed by atoms with Crippen LogP contribution in [0.4, 0.5) is 10.5 Å². The second-order valence-corrected chi connectivity index (χ2v) is 9.28. The first-order valence-corrected chi connectivity index (χ1v) is 11.1. The summed E-state index contributed by atoms with van der Waals surface area (Å²) in [7, 11) is 3.88. The lowest BCUT2D eigenvalue weighted by Crippen LogP contribution is -2.36. The Kier molecular flexibility index (Phi) is 5.57. The van der Waals surface area contributed by atoms with Crippen LogP contribution in [0.5, 0.6) is 0 Å². The molecule has 2 saturated heterocycles. The minimum absolute atomic E-state index is 0.0393. The number of nitrogens with zero attached hydrogens (tertiary/aromatic N) is 7. The van der Waals surface area contributed by atoms with Crippen molar-refractivity contribution in [3.63, 3.8) is 0 Å². The highest BCUT2D eigenvalue weighted by Crippen LogP contribution is 2.34. The fourth-order valence-corrected chi connectivity index (χ4v) is 4.95. The highest BCUT2D eigenvalue weighted by atomic mass is 35.5. The van der Waals surface area contributed by atoms with Crippen molar-refractivity contribution in [3.05, 3.63) is 59.9 Å². The van der Waals surface area contributed by atoms with E-state index in [1.807, 2.05) is 30.0 Å². The fourth-order valence-electron chi connectivity index (χ4n) is 4.71. The molecule has 0 bridgehead atoms. The zero-order valence-electron chi connectivity index (χ0n) is 18.2. The van der Waals surface area contributed by atoms with Crippen molar-refractivity contribution >= 4 is 23.3 Å². The molecule has 5 rings (SSSR count). The van der Waals surface area contributed by atoms with Gasteiger partial charge in [0.15, 0.2) is 0 Å². The van der Waals surface area contributed by atoms with Gasteiger partial charge in [-0.2, -0.15) is 9.78 Å². The van der Waals surface area contributed by atoms with Crippen molar-refractivity contribution in [1.82, 2.24) is 29.5 Å². The van der Waals surface area contributed by atoms with Crippen molar-refractivity contribution in [3.8, 4) is 11.1 Å². The van der Waals surface area contributed by atoms with E-state index in [-0.39, 0.29) is 6.03 Å². The zero-order chi connectivity index (χ0) is 22.2. The molecule has 0 aliphatic carbocycles. The van der Waals surface area contributed by atoms with E-state index in [0.29, 0.717) is 11.8 Å². The molecule has 2 aliphatic heterocycles. The molecule has 4 heterocycles. The van der Waals surface area contributed by atoms with Crippen molar-refractivity contribution in [2.24, 2.45) is 11.8 Å². The van der Waals surface area contributed by atoms with Gasteiger partial charge in [0, 0.05) is 69.8 Å². The molecule has 2 atom stereocenters. The third-order valence-electron chi connectivity index (χ3n) is 6.45. The molecule has 1 amide bonds. The Balaban J connectivity index is 1.19. The van der Waals surface area contributed by atoms with E-state index in [9.17, 15) is 4.79 Å². The van der Waals surface area contributed by atoms with Crippen molar-refractivity contribution in [1.29, 1.82) is 0 Å². The number of likely N-dealkylation sites (tertiary alicyclic amines) is 2. The number of rotatable bonds is 4. The smallest absolute Gasteiger partial charge is 0.344 e. The van der Waals surface area contributed by atoms with Gasteiger partial charge in [-0.15, -0.1) is 0 Å². The van der Waals surface area contributed by atoms with Crippen LogP contribution in [0.15, 0.2) is 49.3 Å². The second-order valence-electron chi connectivity index (χ2n) is 8.87. The van der Waals surface area contributed by atoms with Gasteiger partial charge >= 0.3 is 6.03 Å². The molecule has 0 saturated carbocycles. The summed E-state index contributed by atoms with van der Waals surface area (Å²) in [5.41, 5.74) is 4.01. The first-order chi connectivity index (χ1) is 15.5. The Labute approximate surface area is 192 Å². The Bertz CT molecular complexity index is 1100. The highest BCUT2D eigenvalue weighted by molar-refractivity contribution is 6.31. The number of amides is 1. The molecular weight excluding hydrogens is 426 g/mol. The van der Waals surface area contributed by atoms with E-state index < -0.39 is 0 Å². The molecule has 0 spiro atoms. The van der Waals surface area contributed by atoms with Crippen LogP contribution in [0.3, 0.4) is 0 Å². The van der Waals surface area contributed by atoms with Gasteiger partial charge in [-0.05, 0) is 29.0 Å². The lowest BCUT2D eigenvalue weighted by molar-refractivity contribution is 0.197. The van der Waals surface area contributed by atoms with E-state index in [4.69, 9.17) is 11.6 Å². The van der Waals surface area contributed by atoms with Gasteiger partial charge < -0.3 is 9.80 Å². The monoisotopic (exact) mass is 451 g/mol. The molecule has 3 aromatic rings. The number of halogens is 1. The first kappa shape index (κ1) is 20.9. The summed E-state index contributed by atoms with van der Waals surface area (Å²) in [4.78, 5) is 27.3. The molecule has 8 nitrogen and oxygen atoms in total. The minimum atomic E-state index is -0.0393. The molecule has 32 heavy (non-hydrogen) atoms. The van der Waals surface area contributed by atoms with Crippen LogP contribution in [0, 0.1) is 11.8 Å². The maximum absolute atomic E-state index is 12.8. The molecule has 2 unspecified atom stereocenters. The maximum Gasteiger partial charge on any atom is 0.344 e. The minimum Gasteiger partial charge on any atom is -0.375 e. The summed E-state index contributed by atoms with van der Waals surface area (Å²) in [6.07, 6.45) is 8.61. The fraction of sp³-hybridized carbons (Fsp3) is 0.391. The van der Waals surface area contributed by atoms with Crippen LogP contribution < -0.4 is 4.90 Å². The standard InChI is InChI=1S/C23H26ClN7O/c1-28(2)21-8-27-31(14-21)23(32)30-12-19-10-29(11-20(19)13-30)9-17-4-3-16(5-22(17)24)18-6-25-15-26-7-18/h3-8,14-15,19-20H,9-13H2,1-2H3. The predicted molar refractivity (Wildman–Crippen MR) is 124 cm³/mol. The quantitative estimate of drug-likeness (QED) is 0.607. The summed E-state index contributed by atoms with van der Waals surface area (Å²) >= 11 is 6.60. The van der Waals surface area contributed by atoms with Gasteiger partial charge in [0.2, 0.25) is 0 Å². The Morgan fingerprint density at radius 1 is 1.06 bits per heavy atom. The van der Waals surface area contributed by atoms with Gasteiger partial charge in [0.25, 0.3) is 0 Å². The molecule has 2 fully saturated rings. The van der Waals surface area contributed by atoms with Crippen molar-refractivity contribution in [2.45, 2.75) is 6.54 Å². The Morgan fingerprint density at radius 3 is 2.41 bits per heavy atom. The second kappa shape index (κ2) is 8.52. The number of hydrogen-bond donors (Lipinski definition) is 0. The molecule has 1 aromatic carbocycles. The van der Waals surface area contributed by atoms with Crippen LogP contribution >= 0.6 is 11.6 Å². The molecular formula is C23H26ClN7O. The third kappa shape index (κ3) is 4.08. The average molecular weight is 452 g/mol. The van der Waals surface area contributed by atoms with Crippen LogP contribution in [-0.4, -0.2) is 75.9 Å². The Hall–Kier alpha value is -2.97. The van der Waals surface area contributed by atoms with Gasteiger partial charge in [-0.1, -0.05) is 23.7 Å². The normalized spacial score (nSPS) is 20.5. The molecule has 2 aliphatic rings. The number of carbonyl (C=O) groups excluding carboxylic acids is 1. The summed E-state index contributed by atoms with van der Waals surface area (Å²) in [6, 6.07) is 6.11. The van der Waals surface area contributed by atoms with Crippen molar-refractivity contribution < 1.29 is 4.79 Å². The first-order valence-electron chi connectivity index (χ1n) is 10.8. The van der Waals surface area contributed by atoms with Crippen LogP contribution in [0.2, 0.25) is 5.02 Å². The number of carbonyl (C=O) groups is 1. The molecule has 166 valence electrons. The van der Waals surface area contributed by atoms with E-state index in [1.165, 1.54) is 11.0 Å². The lowest BCUT2D eigenvalue weighted by atomic mass is 10.0.